The van der Waals surface area contributed by atoms with Crippen LogP contribution in [0.4, 0.5) is 17.1 Å². The molecule has 3 aromatic rings. The molecule has 184 valence electrons. The van der Waals surface area contributed by atoms with Crippen molar-refractivity contribution in [3.8, 4) is 0 Å². The van der Waals surface area contributed by atoms with Gasteiger partial charge in [0.15, 0.2) is 0 Å². The van der Waals surface area contributed by atoms with E-state index in [1.165, 1.54) is 5.56 Å². The van der Waals surface area contributed by atoms with Crippen LogP contribution in [0.5, 0.6) is 0 Å². The first-order chi connectivity index (χ1) is 17.3. The van der Waals surface area contributed by atoms with Crippen molar-refractivity contribution in [1.29, 1.82) is 0 Å². The van der Waals surface area contributed by atoms with E-state index in [1.54, 1.807) is 30.3 Å². The van der Waals surface area contributed by atoms with Gasteiger partial charge in [0.25, 0.3) is 17.7 Å². The van der Waals surface area contributed by atoms with E-state index in [9.17, 15) is 14.4 Å². The number of hydrogen-bond donors (Lipinski definition) is 2. The van der Waals surface area contributed by atoms with E-state index in [0.717, 1.165) is 35.3 Å². The highest BCUT2D eigenvalue weighted by Crippen LogP contribution is 2.32. The molecule has 3 amide bonds. The Morgan fingerprint density at radius 3 is 2.39 bits per heavy atom. The number of hydrogen-bond acceptors (Lipinski definition) is 4. The molecule has 6 nitrogen and oxygen atoms in total. The Labute approximate surface area is 216 Å². The van der Waals surface area contributed by atoms with Gasteiger partial charge in [-0.15, -0.1) is 0 Å². The smallest absolute Gasteiger partial charge is 0.283 e. The molecule has 1 heterocycles. The normalized spacial score (nSPS) is 13.4. The second kappa shape index (κ2) is 10.8. The molecule has 36 heavy (non-hydrogen) atoms. The van der Waals surface area contributed by atoms with E-state index in [4.69, 9.17) is 11.6 Å². The quantitative estimate of drug-likeness (QED) is 0.353. The molecular weight excluding hydrogens is 474 g/mol. The number of carbonyl (C=O) groups is 3. The summed E-state index contributed by atoms with van der Waals surface area (Å²) in [6.45, 7) is 5.87. The third-order valence-corrected chi connectivity index (χ3v) is 6.41. The van der Waals surface area contributed by atoms with Crippen molar-refractivity contribution in [2.45, 2.75) is 40.0 Å². The summed E-state index contributed by atoms with van der Waals surface area (Å²) < 4.78 is 0. The maximum absolute atomic E-state index is 13.2. The van der Waals surface area contributed by atoms with Gasteiger partial charge < -0.3 is 10.6 Å². The number of benzene rings is 3. The summed E-state index contributed by atoms with van der Waals surface area (Å²) in [7, 11) is 0. The molecule has 4 rings (SSSR count). The van der Waals surface area contributed by atoms with E-state index < -0.39 is 11.8 Å². The lowest BCUT2D eigenvalue weighted by Gasteiger charge is -2.18. The molecule has 1 aliphatic heterocycles. The molecule has 0 bridgehead atoms. The zero-order valence-electron chi connectivity index (χ0n) is 20.5. The molecule has 0 fully saturated rings. The zero-order valence-corrected chi connectivity index (χ0v) is 21.3. The minimum Gasteiger partial charge on any atom is -0.350 e. The van der Waals surface area contributed by atoms with Gasteiger partial charge in [-0.05, 0) is 79.8 Å². The SMILES string of the molecule is CCCCc1ccc(NC(=O)c2cccc(NC3=C(Cl)C(=O)N(c4cc(C)ccc4C)C3=O)c2)cc1. The van der Waals surface area contributed by atoms with E-state index >= 15 is 0 Å². The van der Waals surface area contributed by atoms with Crippen molar-refractivity contribution >= 4 is 46.4 Å². The van der Waals surface area contributed by atoms with Gasteiger partial charge in [-0.1, -0.05) is 55.3 Å². The molecule has 0 saturated carbocycles. The fourth-order valence-electron chi connectivity index (χ4n) is 4.01. The van der Waals surface area contributed by atoms with E-state index in [0.29, 0.717) is 22.6 Å². The Kier molecular flexibility index (Phi) is 7.55. The molecule has 7 heteroatoms. The maximum atomic E-state index is 13.2. The van der Waals surface area contributed by atoms with Crippen molar-refractivity contribution in [3.05, 3.63) is 99.7 Å². The van der Waals surface area contributed by atoms with Gasteiger partial charge in [-0.2, -0.15) is 0 Å². The number of unbranched alkanes of at least 4 members (excludes halogenated alkanes) is 1. The van der Waals surface area contributed by atoms with Crippen LogP contribution in [0.25, 0.3) is 0 Å². The predicted octanol–water partition coefficient (Wildman–Crippen LogP) is 6.33. The van der Waals surface area contributed by atoms with Crippen LogP contribution in [0.2, 0.25) is 0 Å². The summed E-state index contributed by atoms with van der Waals surface area (Å²) in [5.41, 5.74) is 4.97. The van der Waals surface area contributed by atoms with Gasteiger partial charge >= 0.3 is 0 Å². The average molecular weight is 502 g/mol. The molecule has 2 N–H and O–H groups in total. The highest BCUT2D eigenvalue weighted by atomic mass is 35.5. The number of aryl methyl sites for hydroxylation is 3. The lowest BCUT2D eigenvalue weighted by atomic mass is 10.1. The number of anilines is 3. The first-order valence-electron chi connectivity index (χ1n) is 11.9. The van der Waals surface area contributed by atoms with Gasteiger partial charge in [0.2, 0.25) is 0 Å². The van der Waals surface area contributed by atoms with Crippen LogP contribution in [0.1, 0.15) is 46.8 Å². The summed E-state index contributed by atoms with van der Waals surface area (Å²) in [5.74, 6) is -1.42. The van der Waals surface area contributed by atoms with Crippen molar-refractivity contribution < 1.29 is 14.4 Å². The molecular formula is C29H28ClN3O3. The van der Waals surface area contributed by atoms with Crippen LogP contribution in [0.3, 0.4) is 0 Å². The van der Waals surface area contributed by atoms with E-state index in [-0.39, 0.29) is 16.6 Å². The summed E-state index contributed by atoms with van der Waals surface area (Å²) >= 11 is 6.29. The molecule has 0 atom stereocenters. The Hall–Kier alpha value is -3.90. The van der Waals surface area contributed by atoms with Gasteiger partial charge in [-0.25, -0.2) is 4.90 Å². The van der Waals surface area contributed by atoms with Gasteiger partial charge in [0.05, 0.1) is 5.69 Å². The van der Waals surface area contributed by atoms with Crippen LogP contribution in [-0.4, -0.2) is 17.7 Å². The number of halogens is 1. The number of amides is 3. The predicted molar refractivity (Wildman–Crippen MR) is 144 cm³/mol. The second-order valence-corrected chi connectivity index (χ2v) is 9.26. The first kappa shape index (κ1) is 25.2. The summed E-state index contributed by atoms with van der Waals surface area (Å²) in [6, 6.07) is 20.0. The zero-order chi connectivity index (χ0) is 25.8. The summed E-state index contributed by atoms with van der Waals surface area (Å²) in [5, 5.41) is 5.64. The third-order valence-electron chi connectivity index (χ3n) is 6.06. The standard InChI is InChI=1S/C29H28ClN3O3/c1-4-5-7-20-12-14-22(15-13-20)32-27(34)21-8-6-9-23(17-21)31-26-25(30)28(35)33(29(26)36)24-16-18(2)10-11-19(24)3/h6,8-17,31H,4-5,7H2,1-3H3,(H,32,34). The monoisotopic (exact) mass is 501 g/mol. The molecule has 1 aliphatic rings. The Morgan fingerprint density at radius 1 is 0.917 bits per heavy atom. The lowest BCUT2D eigenvalue weighted by molar-refractivity contribution is -0.120. The summed E-state index contributed by atoms with van der Waals surface area (Å²) in [6.07, 6.45) is 3.27. The van der Waals surface area contributed by atoms with Crippen molar-refractivity contribution in [2.24, 2.45) is 0 Å². The van der Waals surface area contributed by atoms with Crippen LogP contribution in [0, 0.1) is 13.8 Å². The van der Waals surface area contributed by atoms with Gasteiger partial charge in [0.1, 0.15) is 10.7 Å². The molecule has 0 unspecified atom stereocenters. The highest BCUT2D eigenvalue weighted by Gasteiger charge is 2.39. The Bertz CT molecular complexity index is 1360. The van der Waals surface area contributed by atoms with Crippen molar-refractivity contribution in [2.75, 3.05) is 15.5 Å². The number of imide groups is 1. The second-order valence-electron chi connectivity index (χ2n) is 8.89. The molecule has 0 aromatic heterocycles. The van der Waals surface area contributed by atoms with Crippen LogP contribution in [0.15, 0.2) is 77.5 Å². The van der Waals surface area contributed by atoms with E-state index in [2.05, 4.69) is 17.6 Å². The van der Waals surface area contributed by atoms with Crippen LogP contribution in [-0.2, 0) is 16.0 Å². The van der Waals surface area contributed by atoms with Crippen molar-refractivity contribution in [3.63, 3.8) is 0 Å². The minimum absolute atomic E-state index is 0.0252. The van der Waals surface area contributed by atoms with E-state index in [1.807, 2.05) is 50.2 Å². The first-order valence-corrected chi connectivity index (χ1v) is 12.3. The fraction of sp³-hybridized carbons (Fsp3) is 0.207. The lowest BCUT2D eigenvalue weighted by Crippen LogP contribution is -2.33. The Balaban J connectivity index is 1.49. The summed E-state index contributed by atoms with van der Waals surface area (Å²) in [4.78, 5) is 39.9. The highest BCUT2D eigenvalue weighted by molar-refractivity contribution is 6.53. The van der Waals surface area contributed by atoms with Crippen LogP contribution < -0.4 is 15.5 Å². The minimum atomic E-state index is -0.589. The number of nitrogens with one attached hydrogen (secondary N) is 2. The van der Waals surface area contributed by atoms with Crippen LogP contribution >= 0.6 is 11.6 Å². The molecule has 0 saturated heterocycles. The van der Waals surface area contributed by atoms with Gasteiger partial charge in [0, 0.05) is 16.9 Å². The molecule has 3 aromatic carbocycles. The topological polar surface area (TPSA) is 78.5 Å². The number of carbonyl (C=O) groups excluding carboxylic acids is 3. The average Bonchev–Trinajstić information content (AvgIpc) is 3.08. The molecule has 0 aliphatic carbocycles. The Morgan fingerprint density at radius 2 is 1.67 bits per heavy atom. The molecule has 0 spiro atoms. The number of nitrogens with zero attached hydrogens (tertiary/aromatic N) is 1. The molecule has 0 radical (unpaired) electrons. The van der Waals surface area contributed by atoms with Crippen molar-refractivity contribution in [1.82, 2.24) is 0 Å². The largest absolute Gasteiger partial charge is 0.350 e. The maximum Gasteiger partial charge on any atom is 0.283 e. The number of rotatable bonds is 8. The fourth-order valence-corrected chi connectivity index (χ4v) is 4.22. The van der Waals surface area contributed by atoms with Gasteiger partial charge in [-0.3, -0.25) is 14.4 Å². The third kappa shape index (κ3) is 5.34.